The number of amides is 1. The average Bonchev–Trinajstić information content (AvgIpc) is 2.69. The SMILES string of the molecule is O=C(Nc1ccc(N2CCOCC2)c2ccncc12)c1cnccn1. The second-order valence-electron chi connectivity index (χ2n) is 5.70. The molecular formula is C18H17N5O2. The van der Waals surface area contributed by atoms with Crippen LogP contribution in [-0.2, 0) is 4.74 Å². The highest BCUT2D eigenvalue weighted by Crippen LogP contribution is 2.32. The third-order valence-corrected chi connectivity index (χ3v) is 4.19. The molecule has 0 spiro atoms. The number of hydrogen-bond donors (Lipinski definition) is 1. The van der Waals surface area contributed by atoms with E-state index >= 15 is 0 Å². The van der Waals surface area contributed by atoms with Gasteiger partial charge in [-0.25, -0.2) is 4.98 Å². The lowest BCUT2D eigenvalue weighted by molar-refractivity contribution is 0.102. The van der Waals surface area contributed by atoms with Crippen molar-refractivity contribution in [3.63, 3.8) is 0 Å². The van der Waals surface area contributed by atoms with E-state index in [1.54, 1.807) is 12.4 Å². The number of morpholine rings is 1. The normalized spacial score (nSPS) is 14.5. The van der Waals surface area contributed by atoms with Crippen molar-refractivity contribution in [1.82, 2.24) is 15.0 Å². The molecule has 0 aliphatic carbocycles. The Kier molecular flexibility index (Phi) is 4.22. The van der Waals surface area contributed by atoms with E-state index in [-0.39, 0.29) is 11.6 Å². The quantitative estimate of drug-likeness (QED) is 0.790. The number of nitrogens with one attached hydrogen (secondary N) is 1. The van der Waals surface area contributed by atoms with E-state index in [4.69, 9.17) is 4.74 Å². The van der Waals surface area contributed by atoms with Gasteiger partial charge in [-0.1, -0.05) is 0 Å². The summed E-state index contributed by atoms with van der Waals surface area (Å²) in [6.45, 7) is 3.14. The van der Waals surface area contributed by atoms with E-state index in [1.165, 1.54) is 18.6 Å². The summed E-state index contributed by atoms with van der Waals surface area (Å²) >= 11 is 0. The standard InChI is InChI=1S/C18H17N5O2/c24-18(16-12-20-5-6-21-16)22-15-1-2-17(23-7-9-25-10-8-23)13-3-4-19-11-14(13)15/h1-6,11-12H,7-10H2,(H,22,24). The zero-order chi connectivity index (χ0) is 17.1. The lowest BCUT2D eigenvalue weighted by Crippen LogP contribution is -2.36. The molecule has 1 N–H and O–H groups in total. The molecule has 0 radical (unpaired) electrons. The number of nitrogens with zero attached hydrogens (tertiary/aromatic N) is 4. The van der Waals surface area contributed by atoms with Gasteiger partial charge in [0.2, 0.25) is 0 Å². The van der Waals surface area contributed by atoms with Crippen LogP contribution in [-0.4, -0.2) is 47.2 Å². The monoisotopic (exact) mass is 335 g/mol. The Morgan fingerprint density at radius 1 is 1.00 bits per heavy atom. The highest BCUT2D eigenvalue weighted by molar-refractivity contribution is 6.10. The number of ether oxygens (including phenoxy) is 1. The van der Waals surface area contributed by atoms with Gasteiger partial charge in [-0.2, -0.15) is 0 Å². The first-order valence-corrected chi connectivity index (χ1v) is 8.10. The molecule has 1 aromatic carbocycles. The number of anilines is 2. The molecule has 7 nitrogen and oxygen atoms in total. The van der Waals surface area contributed by atoms with Crippen LogP contribution in [0.3, 0.4) is 0 Å². The lowest BCUT2D eigenvalue weighted by atomic mass is 10.1. The number of pyridine rings is 1. The van der Waals surface area contributed by atoms with Crippen molar-refractivity contribution in [2.24, 2.45) is 0 Å². The Morgan fingerprint density at radius 3 is 2.64 bits per heavy atom. The summed E-state index contributed by atoms with van der Waals surface area (Å²) in [5.41, 5.74) is 2.10. The molecule has 1 saturated heterocycles. The Hall–Kier alpha value is -3.06. The van der Waals surface area contributed by atoms with Gasteiger partial charge < -0.3 is 15.0 Å². The van der Waals surface area contributed by atoms with Crippen molar-refractivity contribution in [2.45, 2.75) is 0 Å². The summed E-state index contributed by atoms with van der Waals surface area (Å²) in [4.78, 5) is 26.9. The van der Waals surface area contributed by atoms with E-state index in [0.29, 0.717) is 5.69 Å². The molecular weight excluding hydrogens is 318 g/mol. The summed E-state index contributed by atoms with van der Waals surface area (Å²) < 4.78 is 5.43. The van der Waals surface area contributed by atoms with Crippen LogP contribution in [0.15, 0.2) is 49.2 Å². The number of aromatic nitrogens is 3. The maximum absolute atomic E-state index is 12.4. The van der Waals surface area contributed by atoms with E-state index in [9.17, 15) is 4.79 Å². The van der Waals surface area contributed by atoms with Crippen molar-refractivity contribution in [2.75, 3.05) is 36.5 Å². The molecule has 25 heavy (non-hydrogen) atoms. The smallest absolute Gasteiger partial charge is 0.275 e. The van der Waals surface area contributed by atoms with Crippen molar-refractivity contribution in [3.8, 4) is 0 Å². The van der Waals surface area contributed by atoms with Crippen LogP contribution in [0.5, 0.6) is 0 Å². The Bertz CT molecular complexity index is 894. The molecule has 1 fully saturated rings. The highest BCUT2D eigenvalue weighted by atomic mass is 16.5. The maximum Gasteiger partial charge on any atom is 0.275 e. The molecule has 1 aliphatic rings. The van der Waals surface area contributed by atoms with Crippen LogP contribution in [0.4, 0.5) is 11.4 Å². The van der Waals surface area contributed by atoms with Crippen LogP contribution in [0.1, 0.15) is 10.5 Å². The van der Waals surface area contributed by atoms with Gasteiger partial charge in [0.05, 0.1) is 25.1 Å². The van der Waals surface area contributed by atoms with E-state index in [1.807, 2.05) is 18.2 Å². The first kappa shape index (κ1) is 15.5. The summed E-state index contributed by atoms with van der Waals surface area (Å²) in [7, 11) is 0. The molecule has 0 unspecified atom stereocenters. The van der Waals surface area contributed by atoms with Crippen molar-refractivity contribution < 1.29 is 9.53 Å². The second kappa shape index (κ2) is 6.82. The highest BCUT2D eigenvalue weighted by Gasteiger charge is 2.16. The second-order valence-corrected chi connectivity index (χ2v) is 5.70. The number of rotatable bonds is 3. The summed E-state index contributed by atoms with van der Waals surface area (Å²) in [5.74, 6) is -0.294. The van der Waals surface area contributed by atoms with Gasteiger partial charge >= 0.3 is 0 Å². The number of benzene rings is 1. The molecule has 4 rings (SSSR count). The van der Waals surface area contributed by atoms with E-state index in [2.05, 4.69) is 25.2 Å². The number of carbonyl (C=O) groups is 1. The molecule has 0 bridgehead atoms. The molecule has 1 aliphatic heterocycles. The topological polar surface area (TPSA) is 80.2 Å². The predicted octanol–water partition coefficient (Wildman–Crippen LogP) is 2.11. The third kappa shape index (κ3) is 3.14. The fourth-order valence-electron chi connectivity index (χ4n) is 2.97. The zero-order valence-electron chi connectivity index (χ0n) is 13.6. The molecule has 3 aromatic rings. The average molecular weight is 335 g/mol. The Morgan fingerprint density at radius 2 is 1.84 bits per heavy atom. The van der Waals surface area contributed by atoms with Gasteiger partial charge in [-0.15, -0.1) is 0 Å². The molecule has 2 aromatic heterocycles. The lowest BCUT2D eigenvalue weighted by Gasteiger charge is -2.30. The van der Waals surface area contributed by atoms with E-state index in [0.717, 1.165) is 42.8 Å². The van der Waals surface area contributed by atoms with Gasteiger partial charge in [0.25, 0.3) is 5.91 Å². The van der Waals surface area contributed by atoms with Crippen molar-refractivity contribution in [1.29, 1.82) is 0 Å². The minimum Gasteiger partial charge on any atom is -0.378 e. The van der Waals surface area contributed by atoms with Crippen molar-refractivity contribution >= 4 is 28.1 Å². The number of hydrogen-bond acceptors (Lipinski definition) is 6. The van der Waals surface area contributed by atoms with Crippen LogP contribution >= 0.6 is 0 Å². The molecule has 7 heteroatoms. The molecule has 3 heterocycles. The third-order valence-electron chi connectivity index (χ3n) is 4.19. The number of fused-ring (bicyclic) bond motifs is 1. The largest absolute Gasteiger partial charge is 0.378 e. The van der Waals surface area contributed by atoms with Crippen LogP contribution in [0.25, 0.3) is 10.8 Å². The minimum absolute atomic E-state index is 0.275. The van der Waals surface area contributed by atoms with Gasteiger partial charge in [-0.05, 0) is 18.2 Å². The summed E-state index contributed by atoms with van der Waals surface area (Å²) in [5, 5.41) is 4.85. The van der Waals surface area contributed by atoms with Crippen LogP contribution in [0.2, 0.25) is 0 Å². The first-order chi connectivity index (χ1) is 12.3. The zero-order valence-corrected chi connectivity index (χ0v) is 13.6. The Labute approximate surface area is 144 Å². The first-order valence-electron chi connectivity index (χ1n) is 8.10. The predicted molar refractivity (Wildman–Crippen MR) is 94.8 cm³/mol. The van der Waals surface area contributed by atoms with Gasteiger partial charge in [0.1, 0.15) is 5.69 Å². The van der Waals surface area contributed by atoms with Gasteiger partial charge in [0.15, 0.2) is 0 Å². The summed E-state index contributed by atoms with van der Waals surface area (Å²) in [6.07, 6.45) is 8.01. The molecule has 0 atom stereocenters. The van der Waals surface area contributed by atoms with Crippen LogP contribution in [0, 0.1) is 0 Å². The van der Waals surface area contributed by atoms with Gasteiger partial charge in [-0.3, -0.25) is 14.8 Å². The van der Waals surface area contributed by atoms with E-state index < -0.39 is 0 Å². The number of carbonyl (C=O) groups excluding carboxylic acids is 1. The van der Waals surface area contributed by atoms with Crippen LogP contribution < -0.4 is 10.2 Å². The summed E-state index contributed by atoms with van der Waals surface area (Å²) in [6, 6.07) is 5.90. The van der Waals surface area contributed by atoms with Gasteiger partial charge in [0, 0.05) is 54.3 Å². The maximum atomic E-state index is 12.4. The molecule has 1 amide bonds. The minimum atomic E-state index is -0.294. The van der Waals surface area contributed by atoms with Crippen molar-refractivity contribution in [3.05, 3.63) is 54.9 Å². The Balaban J connectivity index is 1.70. The fourth-order valence-corrected chi connectivity index (χ4v) is 2.97. The fraction of sp³-hybridized carbons (Fsp3) is 0.222. The molecule has 0 saturated carbocycles. The molecule has 126 valence electrons.